The van der Waals surface area contributed by atoms with Crippen LogP contribution in [-0.2, 0) is 19.1 Å². The van der Waals surface area contributed by atoms with Gasteiger partial charge in [0.25, 0.3) is 0 Å². The van der Waals surface area contributed by atoms with Crippen LogP contribution < -0.4 is 11.1 Å². The molecule has 7 heteroatoms. The van der Waals surface area contributed by atoms with E-state index in [0.29, 0.717) is 0 Å². The minimum absolute atomic E-state index is 0.00789. The molecular weight excluding hydrogens is 228 g/mol. The summed E-state index contributed by atoms with van der Waals surface area (Å²) >= 11 is 0. The first-order valence-electron chi connectivity index (χ1n) is 5.03. The maximum absolute atomic E-state index is 11.5. The lowest BCUT2D eigenvalue weighted by Gasteiger charge is -2.23. The highest BCUT2D eigenvalue weighted by molar-refractivity contribution is 5.88. The van der Waals surface area contributed by atoms with Crippen molar-refractivity contribution in [2.45, 2.75) is 38.3 Å². The first-order valence-corrected chi connectivity index (χ1v) is 5.03. The lowest BCUT2D eigenvalue weighted by Crippen LogP contribution is -2.45. The number of aliphatic carboxylic acids is 1. The number of nitrogens with one attached hydrogen (secondary N) is 1. The number of carbonyl (C=O) groups excluding carboxylic acids is 2. The van der Waals surface area contributed by atoms with Crippen LogP contribution in [0.1, 0.15) is 26.7 Å². The van der Waals surface area contributed by atoms with Gasteiger partial charge in [0.15, 0.2) is 0 Å². The van der Waals surface area contributed by atoms with Gasteiger partial charge < -0.3 is 20.9 Å². The number of ether oxygens (including phenoxy) is 1. The van der Waals surface area contributed by atoms with Crippen molar-refractivity contribution < 1.29 is 24.2 Å². The molecule has 0 aliphatic carbocycles. The van der Waals surface area contributed by atoms with Crippen molar-refractivity contribution in [3.8, 4) is 0 Å². The van der Waals surface area contributed by atoms with E-state index in [4.69, 9.17) is 15.6 Å². The van der Waals surface area contributed by atoms with Gasteiger partial charge in [-0.15, -0.1) is 0 Å². The maximum atomic E-state index is 11.5. The zero-order valence-electron chi connectivity index (χ0n) is 10.1. The number of methoxy groups -OCH3 is 1. The lowest BCUT2D eigenvalue weighted by molar-refractivity contribution is -0.144. The minimum atomic E-state index is -1.30. The molecule has 4 N–H and O–H groups in total. The van der Waals surface area contributed by atoms with Crippen molar-refractivity contribution in [3.05, 3.63) is 0 Å². The van der Waals surface area contributed by atoms with Crippen LogP contribution in [0.15, 0.2) is 0 Å². The number of primary amides is 1. The zero-order chi connectivity index (χ0) is 13.6. The Morgan fingerprint density at radius 3 is 2.29 bits per heavy atom. The lowest BCUT2D eigenvalue weighted by atomic mass is 10.0. The van der Waals surface area contributed by atoms with Crippen LogP contribution in [0.25, 0.3) is 0 Å². The third kappa shape index (κ3) is 6.52. The number of hydrogen-bond acceptors (Lipinski definition) is 4. The van der Waals surface area contributed by atoms with Crippen molar-refractivity contribution in [1.29, 1.82) is 0 Å². The molecule has 1 atom stereocenters. The molecule has 17 heavy (non-hydrogen) atoms. The number of amides is 2. The fraction of sp³-hybridized carbons (Fsp3) is 0.700. The molecule has 0 aliphatic rings. The summed E-state index contributed by atoms with van der Waals surface area (Å²) in [7, 11) is 1.45. The van der Waals surface area contributed by atoms with Gasteiger partial charge in [0.1, 0.15) is 6.04 Å². The monoisotopic (exact) mass is 246 g/mol. The molecular formula is C10H18N2O5. The second-order valence-corrected chi connectivity index (χ2v) is 4.27. The highest BCUT2D eigenvalue weighted by Crippen LogP contribution is 2.12. The van der Waals surface area contributed by atoms with Crippen molar-refractivity contribution in [3.63, 3.8) is 0 Å². The molecule has 0 heterocycles. The largest absolute Gasteiger partial charge is 0.480 e. The van der Waals surface area contributed by atoms with Crippen LogP contribution in [0.4, 0.5) is 0 Å². The quantitative estimate of drug-likeness (QED) is 0.546. The SMILES string of the molecule is COC(C)(C)CC(=O)N[C@@H](CC(N)=O)C(=O)O. The summed E-state index contributed by atoms with van der Waals surface area (Å²) < 4.78 is 5.03. The highest BCUT2D eigenvalue weighted by atomic mass is 16.5. The molecule has 0 radical (unpaired) electrons. The van der Waals surface area contributed by atoms with E-state index in [1.54, 1.807) is 13.8 Å². The summed E-state index contributed by atoms with van der Waals surface area (Å²) in [5.41, 5.74) is 4.19. The van der Waals surface area contributed by atoms with Crippen LogP contribution in [0, 0.1) is 0 Å². The second kappa shape index (κ2) is 6.19. The topological polar surface area (TPSA) is 119 Å². The Morgan fingerprint density at radius 2 is 1.94 bits per heavy atom. The Kier molecular flexibility index (Phi) is 5.60. The van der Waals surface area contributed by atoms with Crippen molar-refractivity contribution in [2.75, 3.05) is 7.11 Å². The van der Waals surface area contributed by atoms with Gasteiger partial charge >= 0.3 is 5.97 Å². The molecule has 98 valence electrons. The molecule has 0 unspecified atom stereocenters. The van der Waals surface area contributed by atoms with Gasteiger partial charge in [0.2, 0.25) is 11.8 Å². The summed E-state index contributed by atoms with van der Waals surface area (Å²) in [6, 6.07) is -1.30. The Hall–Kier alpha value is -1.63. The number of hydrogen-bond donors (Lipinski definition) is 3. The normalized spacial score (nSPS) is 12.9. The summed E-state index contributed by atoms with van der Waals surface area (Å²) in [5.74, 6) is -2.60. The zero-order valence-corrected chi connectivity index (χ0v) is 10.1. The van der Waals surface area contributed by atoms with Crippen LogP contribution >= 0.6 is 0 Å². The van der Waals surface area contributed by atoms with Crippen molar-refractivity contribution in [1.82, 2.24) is 5.32 Å². The maximum Gasteiger partial charge on any atom is 0.326 e. The van der Waals surface area contributed by atoms with Crippen LogP contribution in [0.2, 0.25) is 0 Å². The molecule has 0 aromatic heterocycles. The van der Waals surface area contributed by atoms with E-state index in [1.165, 1.54) is 7.11 Å². The second-order valence-electron chi connectivity index (χ2n) is 4.27. The average molecular weight is 246 g/mol. The van der Waals surface area contributed by atoms with Crippen molar-refractivity contribution >= 4 is 17.8 Å². The Morgan fingerprint density at radius 1 is 1.41 bits per heavy atom. The number of carboxylic acid groups (broad SMARTS) is 1. The fourth-order valence-electron chi connectivity index (χ4n) is 1.11. The molecule has 0 spiro atoms. The van der Waals surface area contributed by atoms with E-state index in [1.807, 2.05) is 0 Å². The van der Waals surface area contributed by atoms with Gasteiger partial charge in [-0.3, -0.25) is 9.59 Å². The van der Waals surface area contributed by atoms with Crippen molar-refractivity contribution in [2.24, 2.45) is 5.73 Å². The van der Waals surface area contributed by atoms with Gasteiger partial charge in [0.05, 0.1) is 18.4 Å². The van der Waals surface area contributed by atoms with E-state index in [0.717, 1.165) is 0 Å². The Bertz CT molecular complexity index is 314. The van der Waals surface area contributed by atoms with E-state index in [-0.39, 0.29) is 6.42 Å². The molecule has 0 fully saturated rings. The predicted molar refractivity (Wildman–Crippen MR) is 59.1 cm³/mol. The van der Waals surface area contributed by atoms with Crippen LogP contribution in [0.3, 0.4) is 0 Å². The summed E-state index contributed by atoms with van der Waals surface area (Å²) in [6.07, 6.45) is -0.444. The third-order valence-electron chi connectivity index (χ3n) is 2.18. The van der Waals surface area contributed by atoms with E-state index >= 15 is 0 Å². The number of rotatable bonds is 7. The number of carboxylic acids is 1. The predicted octanol–water partition coefficient (Wildman–Crippen LogP) is -0.754. The highest BCUT2D eigenvalue weighted by Gasteiger charge is 2.26. The third-order valence-corrected chi connectivity index (χ3v) is 2.18. The van der Waals surface area contributed by atoms with E-state index in [2.05, 4.69) is 5.32 Å². The summed E-state index contributed by atoms with van der Waals surface area (Å²) in [5, 5.41) is 11.0. The first kappa shape index (κ1) is 15.4. The molecule has 2 amide bonds. The van der Waals surface area contributed by atoms with Gasteiger partial charge in [-0.05, 0) is 13.8 Å². The summed E-state index contributed by atoms with van der Waals surface area (Å²) in [4.78, 5) is 32.9. The minimum Gasteiger partial charge on any atom is -0.480 e. The molecule has 0 aromatic rings. The first-order chi connectivity index (χ1) is 7.68. The summed E-state index contributed by atoms with van der Waals surface area (Å²) in [6.45, 7) is 3.38. The number of carbonyl (C=O) groups is 3. The van der Waals surface area contributed by atoms with Gasteiger partial charge in [0, 0.05) is 7.11 Å². The molecule has 0 bridgehead atoms. The molecule has 0 aromatic carbocycles. The van der Waals surface area contributed by atoms with Gasteiger partial charge in [-0.1, -0.05) is 0 Å². The molecule has 0 saturated carbocycles. The molecule has 7 nitrogen and oxygen atoms in total. The molecule has 0 rings (SSSR count). The Balaban J connectivity index is 4.41. The van der Waals surface area contributed by atoms with Gasteiger partial charge in [-0.25, -0.2) is 4.79 Å². The van der Waals surface area contributed by atoms with E-state index < -0.39 is 35.8 Å². The van der Waals surface area contributed by atoms with E-state index in [9.17, 15) is 14.4 Å². The Labute approximate surface area is 99.3 Å². The molecule has 0 saturated heterocycles. The molecule has 0 aliphatic heterocycles. The fourth-order valence-corrected chi connectivity index (χ4v) is 1.11. The smallest absolute Gasteiger partial charge is 0.326 e. The average Bonchev–Trinajstić information content (AvgIpc) is 2.15. The van der Waals surface area contributed by atoms with Crippen LogP contribution in [-0.4, -0.2) is 41.6 Å². The standard InChI is InChI=1S/C10H18N2O5/c1-10(2,17-3)5-8(14)12-6(9(15)16)4-7(11)13/h6H,4-5H2,1-3H3,(H2,11,13)(H,12,14)(H,15,16)/t6-/m0/s1. The van der Waals surface area contributed by atoms with Gasteiger partial charge in [-0.2, -0.15) is 0 Å². The van der Waals surface area contributed by atoms with Crippen LogP contribution in [0.5, 0.6) is 0 Å². The number of nitrogens with two attached hydrogens (primary N) is 1.